The minimum atomic E-state index is 0.121. The normalized spacial score (nSPS) is 17.2. The van der Waals surface area contributed by atoms with Gasteiger partial charge in [0.1, 0.15) is 0 Å². The molecule has 18 heavy (non-hydrogen) atoms. The van der Waals surface area contributed by atoms with Gasteiger partial charge in [-0.05, 0) is 26.3 Å². The number of hydrogen-bond donors (Lipinski definition) is 1. The molecule has 1 aromatic rings. The summed E-state index contributed by atoms with van der Waals surface area (Å²) in [5.41, 5.74) is 1.55. The van der Waals surface area contributed by atoms with Gasteiger partial charge in [-0.15, -0.1) is 0 Å². The molecular weight excluding hydrogens is 228 g/mol. The molecule has 5 heteroatoms. The van der Waals surface area contributed by atoms with Gasteiger partial charge < -0.3 is 10.2 Å². The van der Waals surface area contributed by atoms with Crippen LogP contribution in [0.2, 0.25) is 0 Å². The first-order valence-corrected chi connectivity index (χ1v) is 6.64. The number of nitrogens with one attached hydrogen (secondary N) is 1. The molecule has 1 N–H and O–H groups in total. The molecule has 2 heterocycles. The number of amides is 1. The third-order valence-electron chi connectivity index (χ3n) is 3.52. The summed E-state index contributed by atoms with van der Waals surface area (Å²) in [7, 11) is 1.85. The Hall–Kier alpha value is -1.36. The van der Waals surface area contributed by atoms with Crippen LogP contribution >= 0.6 is 0 Å². The Balaban J connectivity index is 1.97. The van der Waals surface area contributed by atoms with Crippen LogP contribution in [-0.2, 0) is 7.05 Å². The molecule has 100 valence electrons. The van der Waals surface area contributed by atoms with Gasteiger partial charge in [-0.3, -0.25) is 9.48 Å². The van der Waals surface area contributed by atoms with Gasteiger partial charge in [0.25, 0.3) is 5.91 Å². The van der Waals surface area contributed by atoms with Crippen LogP contribution in [-0.4, -0.2) is 46.3 Å². The monoisotopic (exact) mass is 250 g/mol. The highest BCUT2D eigenvalue weighted by Crippen LogP contribution is 2.15. The first-order chi connectivity index (χ1) is 8.61. The Morgan fingerprint density at radius 1 is 1.50 bits per heavy atom. The molecule has 1 amide bonds. The van der Waals surface area contributed by atoms with Gasteiger partial charge >= 0.3 is 0 Å². The zero-order valence-electron chi connectivity index (χ0n) is 11.4. The van der Waals surface area contributed by atoms with Gasteiger partial charge in [0.15, 0.2) is 0 Å². The maximum atomic E-state index is 12.4. The van der Waals surface area contributed by atoms with Crippen molar-refractivity contribution in [3.63, 3.8) is 0 Å². The number of aromatic nitrogens is 2. The summed E-state index contributed by atoms with van der Waals surface area (Å²) in [4.78, 5) is 14.3. The second-order valence-corrected chi connectivity index (χ2v) is 4.93. The summed E-state index contributed by atoms with van der Waals surface area (Å²) in [6, 6.07) is 0.564. The molecule has 1 aromatic heterocycles. The third-order valence-corrected chi connectivity index (χ3v) is 3.52. The Kier molecular flexibility index (Phi) is 4.01. The average molecular weight is 250 g/mol. The molecule has 5 nitrogen and oxygen atoms in total. The van der Waals surface area contributed by atoms with E-state index in [0.29, 0.717) is 6.04 Å². The van der Waals surface area contributed by atoms with E-state index in [1.54, 1.807) is 4.68 Å². The lowest BCUT2D eigenvalue weighted by atomic mass is 10.0. The molecule has 0 unspecified atom stereocenters. The van der Waals surface area contributed by atoms with Gasteiger partial charge in [-0.25, -0.2) is 0 Å². The maximum Gasteiger partial charge on any atom is 0.257 e. The Labute approximate surface area is 108 Å². The Morgan fingerprint density at radius 2 is 2.17 bits per heavy atom. The van der Waals surface area contributed by atoms with Crippen molar-refractivity contribution in [3.05, 3.63) is 17.5 Å². The van der Waals surface area contributed by atoms with Gasteiger partial charge in [0.2, 0.25) is 0 Å². The van der Waals surface area contributed by atoms with E-state index in [1.807, 2.05) is 25.1 Å². The fourth-order valence-corrected chi connectivity index (χ4v) is 2.56. The molecule has 1 aliphatic heterocycles. The van der Waals surface area contributed by atoms with Gasteiger partial charge in [0.05, 0.1) is 11.3 Å². The fraction of sp³-hybridized carbons (Fsp3) is 0.692. The molecule has 0 atom stereocenters. The first kappa shape index (κ1) is 13.1. The molecule has 1 aliphatic rings. The zero-order valence-corrected chi connectivity index (χ0v) is 11.4. The van der Waals surface area contributed by atoms with E-state index in [1.165, 1.54) is 0 Å². The topological polar surface area (TPSA) is 50.2 Å². The second kappa shape index (κ2) is 5.52. The van der Waals surface area contributed by atoms with E-state index in [9.17, 15) is 4.79 Å². The molecule has 0 spiro atoms. The number of rotatable bonds is 3. The Morgan fingerprint density at radius 3 is 2.67 bits per heavy atom. The lowest BCUT2D eigenvalue weighted by molar-refractivity contribution is 0.0705. The SMILES string of the molecule is CCNC1CCN(C(=O)c2cn(C)nc2C)CC1. The zero-order chi connectivity index (χ0) is 13.1. The number of nitrogens with zero attached hydrogens (tertiary/aromatic N) is 3. The first-order valence-electron chi connectivity index (χ1n) is 6.64. The largest absolute Gasteiger partial charge is 0.338 e. The van der Waals surface area contributed by atoms with Crippen LogP contribution in [0.15, 0.2) is 6.20 Å². The van der Waals surface area contributed by atoms with E-state index >= 15 is 0 Å². The quantitative estimate of drug-likeness (QED) is 0.868. The molecular formula is C13H22N4O. The van der Waals surface area contributed by atoms with Crippen LogP contribution in [0, 0.1) is 6.92 Å². The summed E-state index contributed by atoms with van der Waals surface area (Å²) in [5.74, 6) is 0.121. The van der Waals surface area contributed by atoms with Crippen LogP contribution in [0.4, 0.5) is 0 Å². The standard InChI is InChI=1S/C13H22N4O/c1-4-14-11-5-7-17(8-6-11)13(18)12-9-16(3)15-10(12)2/h9,11,14H,4-8H2,1-3H3. The van der Waals surface area contributed by atoms with Crippen LogP contribution < -0.4 is 5.32 Å². The third kappa shape index (κ3) is 2.72. The predicted octanol–water partition coefficient (Wildman–Crippen LogP) is 0.943. The van der Waals surface area contributed by atoms with Gasteiger partial charge in [0, 0.05) is 32.4 Å². The van der Waals surface area contributed by atoms with Gasteiger partial charge in [-0.1, -0.05) is 6.92 Å². The van der Waals surface area contributed by atoms with Crippen molar-refractivity contribution in [1.82, 2.24) is 20.0 Å². The minimum Gasteiger partial charge on any atom is -0.338 e. The average Bonchev–Trinajstić information content (AvgIpc) is 2.69. The molecule has 0 radical (unpaired) electrons. The van der Waals surface area contributed by atoms with E-state index in [4.69, 9.17) is 0 Å². The molecule has 0 aromatic carbocycles. The number of carbonyl (C=O) groups excluding carboxylic acids is 1. The van der Waals surface area contributed by atoms with Crippen molar-refractivity contribution in [3.8, 4) is 0 Å². The summed E-state index contributed by atoms with van der Waals surface area (Å²) < 4.78 is 1.70. The molecule has 0 bridgehead atoms. The Bertz CT molecular complexity index is 419. The number of hydrogen-bond acceptors (Lipinski definition) is 3. The summed E-state index contributed by atoms with van der Waals surface area (Å²) in [5, 5.41) is 7.67. The maximum absolute atomic E-state index is 12.4. The van der Waals surface area contributed by atoms with E-state index in [-0.39, 0.29) is 5.91 Å². The fourth-order valence-electron chi connectivity index (χ4n) is 2.56. The van der Waals surface area contributed by atoms with Crippen molar-refractivity contribution in [2.75, 3.05) is 19.6 Å². The molecule has 1 saturated heterocycles. The predicted molar refractivity (Wildman–Crippen MR) is 70.5 cm³/mol. The van der Waals surface area contributed by atoms with E-state index in [2.05, 4.69) is 17.3 Å². The van der Waals surface area contributed by atoms with Crippen molar-refractivity contribution in [2.24, 2.45) is 7.05 Å². The number of likely N-dealkylation sites (tertiary alicyclic amines) is 1. The molecule has 0 saturated carbocycles. The number of piperidine rings is 1. The molecule has 0 aliphatic carbocycles. The van der Waals surface area contributed by atoms with Crippen LogP contribution in [0.1, 0.15) is 35.8 Å². The summed E-state index contributed by atoms with van der Waals surface area (Å²) >= 11 is 0. The smallest absolute Gasteiger partial charge is 0.257 e. The lowest BCUT2D eigenvalue weighted by Crippen LogP contribution is -2.44. The number of aryl methyl sites for hydroxylation is 2. The van der Waals surface area contributed by atoms with E-state index < -0.39 is 0 Å². The van der Waals surface area contributed by atoms with Crippen molar-refractivity contribution < 1.29 is 4.79 Å². The van der Waals surface area contributed by atoms with Crippen molar-refractivity contribution in [1.29, 1.82) is 0 Å². The highest BCUT2D eigenvalue weighted by atomic mass is 16.2. The van der Waals surface area contributed by atoms with E-state index in [0.717, 1.165) is 43.7 Å². The molecule has 1 fully saturated rings. The summed E-state index contributed by atoms with van der Waals surface area (Å²) in [6.45, 7) is 6.69. The van der Waals surface area contributed by atoms with Crippen LogP contribution in [0.5, 0.6) is 0 Å². The van der Waals surface area contributed by atoms with Crippen LogP contribution in [0.25, 0.3) is 0 Å². The number of carbonyl (C=O) groups is 1. The highest BCUT2D eigenvalue weighted by molar-refractivity contribution is 5.95. The summed E-state index contributed by atoms with van der Waals surface area (Å²) in [6.07, 6.45) is 3.89. The van der Waals surface area contributed by atoms with Crippen molar-refractivity contribution >= 4 is 5.91 Å². The second-order valence-electron chi connectivity index (χ2n) is 4.93. The molecule has 2 rings (SSSR count). The minimum absolute atomic E-state index is 0.121. The van der Waals surface area contributed by atoms with Crippen molar-refractivity contribution in [2.45, 2.75) is 32.7 Å². The highest BCUT2D eigenvalue weighted by Gasteiger charge is 2.24. The van der Waals surface area contributed by atoms with Gasteiger partial charge in [-0.2, -0.15) is 5.10 Å². The lowest BCUT2D eigenvalue weighted by Gasteiger charge is -2.32. The van der Waals surface area contributed by atoms with Crippen LogP contribution in [0.3, 0.4) is 0 Å².